The molecule has 1 aromatic heterocycles. The molecule has 1 aliphatic heterocycles. The number of aromatic nitrogens is 2. The first-order chi connectivity index (χ1) is 12.3. The minimum atomic E-state index is -0.219. The molecular weight excluding hydrogens is 313 g/mol. The molecule has 4 rings (SSSR count). The largest absolute Gasteiger partial charge is 0.370 e. The Hall–Kier alpha value is -2.62. The van der Waals surface area contributed by atoms with E-state index < -0.39 is 0 Å². The zero-order chi connectivity index (χ0) is 17.2. The van der Waals surface area contributed by atoms with Crippen molar-refractivity contribution in [2.75, 3.05) is 11.9 Å². The van der Waals surface area contributed by atoms with Crippen molar-refractivity contribution in [3.05, 3.63) is 65.5 Å². The van der Waals surface area contributed by atoms with Crippen molar-refractivity contribution in [1.82, 2.24) is 9.78 Å². The van der Waals surface area contributed by atoms with Crippen molar-refractivity contribution in [1.29, 1.82) is 0 Å². The smallest absolute Gasteiger partial charge is 0.133 e. The minimum Gasteiger partial charge on any atom is -0.370 e. The van der Waals surface area contributed by atoms with Gasteiger partial charge in [0.05, 0.1) is 5.69 Å². The van der Waals surface area contributed by atoms with E-state index >= 15 is 0 Å². The van der Waals surface area contributed by atoms with Crippen LogP contribution in [0.5, 0.6) is 0 Å². The molecule has 3 aromatic rings. The fourth-order valence-electron chi connectivity index (χ4n) is 3.56. The van der Waals surface area contributed by atoms with Crippen LogP contribution in [0.1, 0.15) is 30.9 Å². The van der Waals surface area contributed by atoms with E-state index in [0.29, 0.717) is 5.56 Å². The maximum absolute atomic E-state index is 14.4. The van der Waals surface area contributed by atoms with Gasteiger partial charge in [0.2, 0.25) is 0 Å². The average molecular weight is 335 g/mol. The Morgan fingerprint density at radius 2 is 1.88 bits per heavy atom. The van der Waals surface area contributed by atoms with Crippen LogP contribution in [0, 0.1) is 5.82 Å². The summed E-state index contributed by atoms with van der Waals surface area (Å²) in [6.07, 6.45) is 4.05. The average Bonchev–Trinajstić information content (AvgIpc) is 2.83. The van der Waals surface area contributed by atoms with Crippen LogP contribution in [-0.2, 0) is 12.8 Å². The molecule has 25 heavy (non-hydrogen) atoms. The fourth-order valence-corrected chi connectivity index (χ4v) is 3.56. The summed E-state index contributed by atoms with van der Waals surface area (Å²) < 4.78 is 16.4. The molecule has 0 aliphatic carbocycles. The molecule has 1 aliphatic rings. The molecule has 0 saturated carbocycles. The van der Waals surface area contributed by atoms with Crippen molar-refractivity contribution < 1.29 is 4.39 Å². The van der Waals surface area contributed by atoms with Gasteiger partial charge in [-0.2, -0.15) is 5.10 Å². The summed E-state index contributed by atoms with van der Waals surface area (Å²) in [6.45, 7) is 3.07. The van der Waals surface area contributed by atoms with E-state index in [1.165, 1.54) is 11.6 Å². The van der Waals surface area contributed by atoms with Crippen molar-refractivity contribution in [2.45, 2.75) is 32.6 Å². The Morgan fingerprint density at radius 1 is 1.08 bits per heavy atom. The number of hydrogen-bond donors (Lipinski definition) is 1. The van der Waals surface area contributed by atoms with E-state index in [1.807, 2.05) is 22.9 Å². The molecule has 0 saturated heterocycles. The second kappa shape index (κ2) is 6.71. The van der Waals surface area contributed by atoms with Crippen LogP contribution in [0.25, 0.3) is 16.9 Å². The van der Waals surface area contributed by atoms with Crippen LogP contribution in [-0.4, -0.2) is 16.3 Å². The summed E-state index contributed by atoms with van der Waals surface area (Å²) in [5.74, 6) is 0.791. The Labute approximate surface area is 147 Å². The highest BCUT2D eigenvalue weighted by Crippen LogP contribution is 2.35. The Kier molecular flexibility index (Phi) is 4.26. The van der Waals surface area contributed by atoms with Gasteiger partial charge in [-0.25, -0.2) is 9.07 Å². The molecule has 2 heterocycles. The van der Waals surface area contributed by atoms with Crippen LogP contribution in [0.4, 0.5) is 10.2 Å². The number of anilines is 1. The van der Waals surface area contributed by atoms with E-state index in [-0.39, 0.29) is 5.82 Å². The number of halogens is 1. The third-order valence-corrected chi connectivity index (χ3v) is 4.86. The van der Waals surface area contributed by atoms with Gasteiger partial charge in [-0.3, -0.25) is 0 Å². The highest BCUT2D eigenvalue weighted by Gasteiger charge is 2.23. The van der Waals surface area contributed by atoms with Gasteiger partial charge in [0.1, 0.15) is 17.3 Å². The lowest BCUT2D eigenvalue weighted by Gasteiger charge is -2.12. The molecule has 3 nitrogen and oxygen atoms in total. The van der Waals surface area contributed by atoms with Gasteiger partial charge in [0.15, 0.2) is 0 Å². The summed E-state index contributed by atoms with van der Waals surface area (Å²) in [6, 6.07) is 15.2. The minimum absolute atomic E-state index is 0.219. The van der Waals surface area contributed by atoms with Crippen LogP contribution < -0.4 is 5.32 Å². The van der Waals surface area contributed by atoms with Crippen molar-refractivity contribution >= 4 is 5.82 Å². The number of para-hydroxylation sites is 1. The molecule has 0 spiro atoms. The first-order valence-electron chi connectivity index (χ1n) is 8.98. The molecule has 0 amide bonds. The van der Waals surface area contributed by atoms with Gasteiger partial charge in [-0.1, -0.05) is 37.3 Å². The van der Waals surface area contributed by atoms with Crippen molar-refractivity contribution in [3.63, 3.8) is 0 Å². The first-order valence-corrected chi connectivity index (χ1v) is 8.98. The summed E-state index contributed by atoms with van der Waals surface area (Å²) in [5.41, 5.74) is 4.76. The Morgan fingerprint density at radius 3 is 2.72 bits per heavy atom. The van der Waals surface area contributed by atoms with Crippen LogP contribution in [0.15, 0.2) is 48.5 Å². The topological polar surface area (TPSA) is 29.9 Å². The maximum Gasteiger partial charge on any atom is 0.133 e. The Balaban J connectivity index is 1.96. The molecule has 4 heteroatoms. The quantitative estimate of drug-likeness (QED) is 0.731. The molecule has 0 unspecified atom stereocenters. The number of hydrogen-bond acceptors (Lipinski definition) is 2. The van der Waals surface area contributed by atoms with Crippen LogP contribution >= 0.6 is 0 Å². The molecule has 0 fully saturated rings. The van der Waals surface area contributed by atoms with Gasteiger partial charge in [-0.15, -0.1) is 0 Å². The predicted molar refractivity (Wildman–Crippen MR) is 99.8 cm³/mol. The number of aryl methyl sites for hydroxylation is 1. The third kappa shape index (κ3) is 2.82. The van der Waals surface area contributed by atoms with E-state index in [2.05, 4.69) is 30.4 Å². The van der Waals surface area contributed by atoms with E-state index in [1.54, 1.807) is 6.07 Å². The Bertz CT molecular complexity index is 898. The molecule has 0 atom stereocenters. The number of nitrogens with zero attached hydrogens (tertiary/aromatic N) is 2. The molecule has 0 bridgehead atoms. The molecule has 0 radical (unpaired) electrons. The maximum atomic E-state index is 14.4. The zero-order valence-electron chi connectivity index (χ0n) is 14.4. The summed E-state index contributed by atoms with van der Waals surface area (Å²) in [5, 5.41) is 8.39. The number of nitrogens with one attached hydrogen (secondary N) is 1. The van der Waals surface area contributed by atoms with Crippen LogP contribution in [0.2, 0.25) is 0 Å². The molecule has 128 valence electrons. The summed E-state index contributed by atoms with van der Waals surface area (Å²) >= 11 is 0. The molecular formula is C21H22FN3. The number of fused-ring (bicyclic) bond motifs is 1. The predicted octanol–water partition coefficient (Wildman–Crippen LogP) is 4.99. The summed E-state index contributed by atoms with van der Waals surface area (Å²) in [7, 11) is 0. The highest BCUT2D eigenvalue weighted by molar-refractivity contribution is 5.72. The normalized spacial score (nSPS) is 13.8. The third-order valence-electron chi connectivity index (χ3n) is 4.86. The lowest BCUT2D eigenvalue weighted by atomic mass is 10.0. The lowest BCUT2D eigenvalue weighted by molar-refractivity contribution is 0.630. The van der Waals surface area contributed by atoms with Crippen molar-refractivity contribution in [2.24, 2.45) is 0 Å². The first kappa shape index (κ1) is 15.9. The fraction of sp³-hybridized carbons (Fsp3) is 0.286. The SMILES string of the molecule is CCc1ccccc1-n1nc(-c2ccccc2F)c2c1NCCCC2. The monoisotopic (exact) mass is 335 g/mol. The number of rotatable bonds is 3. The van der Waals surface area contributed by atoms with Gasteiger partial charge in [0.25, 0.3) is 0 Å². The van der Waals surface area contributed by atoms with E-state index in [9.17, 15) is 4.39 Å². The second-order valence-electron chi connectivity index (χ2n) is 6.43. The second-order valence-corrected chi connectivity index (χ2v) is 6.43. The van der Waals surface area contributed by atoms with E-state index in [4.69, 9.17) is 5.10 Å². The van der Waals surface area contributed by atoms with E-state index in [0.717, 1.165) is 55.0 Å². The molecule has 1 N–H and O–H groups in total. The van der Waals surface area contributed by atoms with Gasteiger partial charge in [0, 0.05) is 17.7 Å². The highest BCUT2D eigenvalue weighted by atomic mass is 19.1. The molecule has 2 aromatic carbocycles. The summed E-state index contributed by atoms with van der Waals surface area (Å²) in [4.78, 5) is 0. The van der Waals surface area contributed by atoms with Gasteiger partial charge >= 0.3 is 0 Å². The zero-order valence-corrected chi connectivity index (χ0v) is 14.4. The van der Waals surface area contributed by atoms with Gasteiger partial charge in [-0.05, 0) is 49.4 Å². The van der Waals surface area contributed by atoms with Crippen molar-refractivity contribution in [3.8, 4) is 16.9 Å². The number of benzene rings is 2. The van der Waals surface area contributed by atoms with Crippen LogP contribution in [0.3, 0.4) is 0 Å². The standard InChI is InChI=1S/C21H22FN3/c1-2-15-9-3-6-13-19(15)25-21-17(11-7-8-14-23-21)20(24-25)16-10-4-5-12-18(16)22/h3-6,9-10,12-13,23H,2,7-8,11,14H2,1H3. The lowest BCUT2D eigenvalue weighted by Crippen LogP contribution is -2.08. The van der Waals surface area contributed by atoms with Gasteiger partial charge < -0.3 is 5.32 Å².